The van der Waals surface area contributed by atoms with Crippen LogP contribution >= 0.6 is 27.7 Å². The molecule has 0 radical (unpaired) electrons. The molecule has 2 aromatic heterocycles. The molecule has 0 bridgehead atoms. The largest absolute Gasteiger partial charge is 0.399 e. The normalized spacial score (nSPS) is 10.9. The van der Waals surface area contributed by atoms with Crippen LogP contribution in [0.5, 0.6) is 0 Å². The lowest BCUT2D eigenvalue weighted by Gasteiger charge is -2.05. The summed E-state index contributed by atoms with van der Waals surface area (Å²) in [6, 6.07) is 12.9. The molecule has 1 aromatic carbocycles. The van der Waals surface area contributed by atoms with Crippen LogP contribution in [-0.4, -0.2) is 9.38 Å². The molecule has 3 rings (SSSR count). The summed E-state index contributed by atoms with van der Waals surface area (Å²) in [4.78, 5) is 17.7. The Morgan fingerprint density at radius 2 is 2.10 bits per heavy atom. The molecule has 106 valence electrons. The lowest BCUT2D eigenvalue weighted by molar-refractivity contribution is 1.01. The van der Waals surface area contributed by atoms with Gasteiger partial charge < -0.3 is 5.73 Å². The summed E-state index contributed by atoms with van der Waals surface area (Å²) >= 11 is 4.96. The highest BCUT2D eigenvalue weighted by molar-refractivity contribution is 9.10. The molecule has 2 N–H and O–H groups in total. The second-order valence-corrected chi connectivity index (χ2v) is 6.49. The molecule has 0 fully saturated rings. The molecular formula is C15H12BrN3OS. The third-order valence-electron chi connectivity index (χ3n) is 2.92. The van der Waals surface area contributed by atoms with Crippen molar-refractivity contribution in [2.75, 3.05) is 5.73 Å². The van der Waals surface area contributed by atoms with Crippen LogP contribution in [0, 0.1) is 0 Å². The van der Waals surface area contributed by atoms with E-state index in [9.17, 15) is 4.79 Å². The summed E-state index contributed by atoms with van der Waals surface area (Å²) < 4.78 is 2.37. The summed E-state index contributed by atoms with van der Waals surface area (Å²) in [7, 11) is 0. The van der Waals surface area contributed by atoms with Gasteiger partial charge in [-0.15, -0.1) is 11.8 Å². The van der Waals surface area contributed by atoms with E-state index in [1.54, 1.807) is 24.0 Å². The molecule has 4 nitrogen and oxygen atoms in total. The topological polar surface area (TPSA) is 60.4 Å². The number of halogens is 1. The van der Waals surface area contributed by atoms with E-state index in [1.165, 1.54) is 4.40 Å². The Bertz CT molecular complexity index is 863. The Hall–Kier alpha value is -1.79. The first-order valence-corrected chi connectivity index (χ1v) is 8.06. The highest BCUT2D eigenvalue weighted by Crippen LogP contribution is 2.23. The van der Waals surface area contributed by atoms with Crippen LogP contribution in [0.15, 0.2) is 62.8 Å². The molecule has 6 heteroatoms. The van der Waals surface area contributed by atoms with E-state index in [-0.39, 0.29) is 5.56 Å². The fraction of sp³-hybridized carbons (Fsp3) is 0.0667. The van der Waals surface area contributed by atoms with Gasteiger partial charge in [-0.3, -0.25) is 9.20 Å². The Morgan fingerprint density at radius 3 is 2.90 bits per heavy atom. The van der Waals surface area contributed by atoms with Gasteiger partial charge in [0.05, 0.1) is 5.69 Å². The molecule has 21 heavy (non-hydrogen) atoms. The first-order valence-electron chi connectivity index (χ1n) is 6.28. The molecule has 0 saturated heterocycles. The molecule has 0 amide bonds. The van der Waals surface area contributed by atoms with Crippen LogP contribution < -0.4 is 11.3 Å². The summed E-state index contributed by atoms with van der Waals surface area (Å²) in [6.07, 6.45) is 1.72. The smallest absolute Gasteiger partial charge is 0.258 e. The van der Waals surface area contributed by atoms with Gasteiger partial charge in [0, 0.05) is 33.1 Å². The summed E-state index contributed by atoms with van der Waals surface area (Å²) in [5.74, 6) is 0.630. The van der Waals surface area contributed by atoms with Crippen molar-refractivity contribution in [3.8, 4) is 0 Å². The average molecular weight is 362 g/mol. The van der Waals surface area contributed by atoms with Crippen molar-refractivity contribution in [2.24, 2.45) is 0 Å². The quantitative estimate of drug-likeness (QED) is 0.574. The average Bonchev–Trinajstić information content (AvgIpc) is 2.46. The highest BCUT2D eigenvalue weighted by Gasteiger charge is 2.04. The molecule has 2 heterocycles. The highest BCUT2D eigenvalue weighted by atomic mass is 79.9. The van der Waals surface area contributed by atoms with Gasteiger partial charge in [-0.05, 0) is 46.3 Å². The van der Waals surface area contributed by atoms with Gasteiger partial charge in [-0.1, -0.05) is 6.07 Å². The Labute approximate surface area is 134 Å². The maximum Gasteiger partial charge on any atom is 0.258 e. The third kappa shape index (κ3) is 3.28. The standard InChI is InChI=1S/C15H12BrN3OS/c16-10-4-5-14-18-12(7-15(20)19(14)8-10)9-21-13-3-1-2-11(17)6-13/h1-8H,9,17H2. The van der Waals surface area contributed by atoms with Crippen molar-refractivity contribution in [1.82, 2.24) is 9.38 Å². The minimum atomic E-state index is -0.0792. The second kappa shape index (κ2) is 5.91. The lowest BCUT2D eigenvalue weighted by Crippen LogP contribution is -2.15. The first kappa shape index (κ1) is 14.2. The zero-order chi connectivity index (χ0) is 14.8. The Balaban J connectivity index is 1.88. The van der Waals surface area contributed by atoms with Gasteiger partial charge in [0.25, 0.3) is 5.56 Å². The molecule has 0 saturated carbocycles. The SMILES string of the molecule is Nc1cccc(SCc2cc(=O)n3cc(Br)ccc3n2)c1. The molecule has 0 unspecified atom stereocenters. The molecule has 0 aliphatic carbocycles. The van der Waals surface area contributed by atoms with Crippen LogP contribution in [-0.2, 0) is 5.75 Å². The predicted octanol–water partition coefficient (Wildman–Crippen LogP) is 3.33. The van der Waals surface area contributed by atoms with Crippen molar-refractivity contribution in [3.63, 3.8) is 0 Å². The van der Waals surface area contributed by atoms with Gasteiger partial charge in [0.15, 0.2) is 0 Å². The third-order valence-corrected chi connectivity index (χ3v) is 4.42. The van der Waals surface area contributed by atoms with Gasteiger partial charge in [0.1, 0.15) is 5.65 Å². The van der Waals surface area contributed by atoms with Crippen molar-refractivity contribution < 1.29 is 0 Å². The number of benzene rings is 1. The first-order chi connectivity index (χ1) is 10.1. The zero-order valence-electron chi connectivity index (χ0n) is 11.0. The second-order valence-electron chi connectivity index (χ2n) is 4.52. The van der Waals surface area contributed by atoms with Crippen LogP contribution in [0.3, 0.4) is 0 Å². The number of aromatic nitrogens is 2. The maximum atomic E-state index is 12.1. The van der Waals surface area contributed by atoms with Crippen molar-refractivity contribution >= 4 is 39.0 Å². The maximum absolute atomic E-state index is 12.1. The number of nitrogen functional groups attached to an aromatic ring is 1. The molecule has 0 atom stereocenters. The minimum absolute atomic E-state index is 0.0792. The number of nitrogens with zero attached hydrogens (tertiary/aromatic N) is 2. The van der Waals surface area contributed by atoms with E-state index >= 15 is 0 Å². The van der Waals surface area contributed by atoms with Gasteiger partial charge in [0.2, 0.25) is 0 Å². The molecule has 3 aromatic rings. The number of pyridine rings is 1. The van der Waals surface area contributed by atoms with Gasteiger partial charge in [-0.25, -0.2) is 4.98 Å². The van der Waals surface area contributed by atoms with Crippen LogP contribution in [0.2, 0.25) is 0 Å². The minimum Gasteiger partial charge on any atom is -0.399 e. The number of thioether (sulfide) groups is 1. The summed E-state index contributed by atoms with van der Waals surface area (Å²) in [6.45, 7) is 0. The zero-order valence-corrected chi connectivity index (χ0v) is 13.4. The molecule has 0 aliphatic rings. The fourth-order valence-electron chi connectivity index (χ4n) is 1.96. The van der Waals surface area contributed by atoms with Crippen molar-refractivity contribution in [3.05, 3.63) is 69.2 Å². The van der Waals surface area contributed by atoms with Crippen molar-refractivity contribution in [2.45, 2.75) is 10.6 Å². The van der Waals surface area contributed by atoms with E-state index in [1.807, 2.05) is 36.4 Å². The number of anilines is 1. The molecule has 0 spiro atoms. The van der Waals surface area contributed by atoms with E-state index < -0.39 is 0 Å². The van der Waals surface area contributed by atoms with E-state index in [4.69, 9.17) is 5.73 Å². The summed E-state index contributed by atoms with van der Waals surface area (Å²) in [5, 5.41) is 0. The number of nitrogens with two attached hydrogens (primary N) is 1. The monoisotopic (exact) mass is 361 g/mol. The fourth-order valence-corrected chi connectivity index (χ4v) is 3.16. The molecule has 0 aliphatic heterocycles. The van der Waals surface area contributed by atoms with Crippen LogP contribution in [0.4, 0.5) is 5.69 Å². The Morgan fingerprint density at radius 1 is 1.24 bits per heavy atom. The lowest BCUT2D eigenvalue weighted by atomic mass is 10.3. The number of hydrogen-bond acceptors (Lipinski definition) is 4. The Kier molecular flexibility index (Phi) is 3.98. The van der Waals surface area contributed by atoms with E-state index in [0.29, 0.717) is 11.4 Å². The van der Waals surface area contributed by atoms with Gasteiger partial charge >= 0.3 is 0 Å². The van der Waals surface area contributed by atoms with Crippen LogP contribution in [0.25, 0.3) is 5.65 Å². The van der Waals surface area contributed by atoms with Crippen LogP contribution in [0.1, 0.15) is 5.69 Å². The van der Waals surface area contributed by atoms with Gasteiger partial charge in [-0.2, -0.15) is 0 Å². The van der Waals surface area contributed by atoms with E-state index in [0.717, 1.165) is 20.7 Å². The molecular weight excluding hydrogens is 350 g/mol. The number of hydrogen-bond donors (Lipinski definition) is 1. The number of fused-ring (bicyclic) bond motifs is 1. The summed E-state index contributed by atoms with van der Waals surface area (Å²) in [5.41, 5.74) is 7.81. The predicted molar refractivity (Wildman–Crippen MR) is 89.6 cm³/mol. The van der Waals surface area contributed by atoms with E-state index in [2.05, 4.69) is 20.9 Å². The number of rotatable bonds is 3. The van der Waals surface area contributed by atoms with Crippen molar-refractivity contribution in [1.29, 1.82) is 0 Å².